The average Bonchev–Trinajstić information content (AvgIpc) is 2.97. The molecule has 3 rings (SSSR count). The summed E-state index contributed by atoms with van der Waals surface area (Å²) in [6.07, 6.45) is 2.80. The van der Waals surface area contributed by atoms with E-state index < -0.39 is 0 Å². The lowest BCUT2D eigenvalue weighted by atomic mass is 10.1. The van der Waals surface area contributed by atoms with Gasteiger partial charge in [0.2, 0.25) is 0 Å². The van der Waals surface area contributed by atoms with Crippen LogP contribution < -0.4 is 0 Å². The Bertz CT molecular complexity index is 712. The van der Waals surface area contributed by atoms with Crippen LogP contribution in [0.1, 0.15) is 21.7 Å². The zero-order valence-corrected chi connectivity index (χ0v) is 9.83. The summed E-state index contributed by atoms with van der Waals surface area (Å²) in [5.41, 5.74) is 3.12. The minimum absolute atomic E-state index is 0.545. The van der Waals surface area contributed by atoms with Crippen molar-refractivity contribution in [3.05, 3.63) is 47.4 Å². The quantitative estimate of drug-likeness (QED) is 0.659. The summed E-state index contributed by atoms with van der Waals surface area (Å²) in [5, 5.41) is 8.64. The lowest BCUT2D eigenvalue weighted by molar-refractivity contribution is 0.112. The molecule has 0 saturated heterocycles. The Balaban J connectivity index is 2.12. The van der Waals surface area contributed by atoms with Crippen LogP contribution in [0.4, 0.5) is 0 Å². The van der Waals surface area contributed by atoms with Gasteiger partial charge in [0.1, 0.15) is 11.4 Å². The Kier molecular flexibility index (Phi) is 2.44. The van der Waals surface area contributed by atoms with Crippen molar-refractivity contribution in [1.82, 2.24) is 14.9 Å². The number of rotatable bonds is 3. The number of fused-ring (bicyclic) bond motifs is 1. The second-order valence-corrected chi connectivity index (χ2v) is 4.14. The fourth-order valence-electron chi connectivity index (χ4n) is 2.07. The maximum atomic E-state index is 11.1. The number of para-hydroxylation sites is 1. The molecule has 0 amide bonds. The zero-order valence-electron chi connectivity index (χ0n) is 9.83. The third kappa shape index (κ3) is 1.60. The molecule has 1 aromatic carbocycles. The molecule has 18 heavy (non-hydrogen) atoms. The van der Waals surface area contributed by atoms with Gasteiger partial charge in [-0.15, -0.1) is 0 Å². The van der Waals surface area contributed by atoms with Gasteiger partial charge < -0.3 is 4.57 Å². The number of hydrogen-bond donors (Lipinski definition) is 0. The van der Waals surface area contributed by atoms with Crippen molar-refractivity contribution in [3.63, 3.8) is 0 Å². The third-order valence-electron chi connectivity index (χ3n) is 3.01. The van der Waals surface area contributed by atoms with E-state index in [0.29, 0.717) is 12.1 Å². The van der Waals surface area contributed by atoms with Crippen LogP contribution in [0.3, 0.4) is 0 Å². The largest absolute Gasteiger partial charge is 0.341 e. The molecule has 0 aliphatic heterocycles. The lowest BCUT2D eigenvalue weighted by Crippen LogP contribution is -2.01. The standard InChI is InChI=1S/C13H11N3O2/c1-9-12(15-18-14-9)7-16-6-5-10-3-2-4-11(8-17)13(10)16/h2-6,8H,7H2,1H3. The summed E-state index contributed by atoms with van der Waals surface area (Å²) in [7, 11) is 0. The van der Waals surface area contributed by atoms with Crippen molar-refractivity contribution in [2.75, 3.05) is 0 Å². The van der Waals surface area contributed by atoms with E-state index in [1.165, 1.54) is 0 Å². The van der Waals surface area contributed by atoms with Gasteiger partial charge in [0.25, 0.3) is 0 Å². The lowest BCUT2D eigenvalue weighted by Gasteiger charge is -2.04. The van der Waals surface area contributed by atoms with Gasteiger partial charge in [-0.05, 0) is 19.1 Å². The molecule has 90 valence electrons. The van der Waals surface area contributed by atoms with Gasteiger partial charge in [-0.3, -0.25) is 4.79 Å². The molecule has 0 N–H and O–H groups in total. The molecule has 0 radical (unpaired) electrons. The molecule has 3 aromatic rings. The van der Waals surface area contributed by atoms with Crippen LogP contribution in [0.2, 0.25) is 0 Å². The second-order valence-electron chi connectivity index (χ2n) is 4.14. The van der Waals surface area contributed by atoms with Gasteiger partial charge in [-0.1, -0.05) is 22.4 Å². The van der Waals surface area contributed by atoms with Crippen LogP contribution in [0.5, 0.6) is 0 Å². The normalized spacial score (nSPS) is 10.9. The topological polar surface area (TPSA) is 60.9 Å². The van der Waals surface area contributed by atoms with Crippen molar-refractivity contribution >= 4 is 17.2 Å². The fourth-order valence-corrected chi connectivity index (χ4v) is 2.07. The molecular weight excluding hydrogens is 230 g/mol. The minimum Gasteiger partial charge on any atom is -0.341 e. The summed E-state index contributed by atoms with van der Waals surface area (Å²) < 4.78 is 6.66. The first-order valence-electron chi connectivity index (χ1n) is 5.60. The molecule has 0 aliphatic rings. The zero-order chi connectivity index (χ0) is 12.5. The van der Waals surface area contributed by atoms with E-state index in [0.717, 1.165) is 28.6 Å². The Morgan fingerprint density at radius 1 is 1.33 bits per heavy atom. The first-order valence-corrected chi connectivity index (χ1v) is 5.60. The van der Waals surface area contributed by atoms with E-state index in [4.69, 9.17) is 0 Å². The average molecular weight is 241 g/mol. The monoisotopic (exact) mass is 241 g/mol. The molecule has 0 bridgehead atoms. The van der Waals surface area contributed by atoms with Gasteiger partial charge in [-0.25, -0.2) is 4.63 Å². The Morgan fingerprint density at radius 3 is 2.94 bits per heavy atom. The molecule has 5 nitrogen and oxygen atoms in total. The SMILES string of the molecule is Cc1nonc1Cn1ccc2cccc(C=O)c21. The number of aldehydes is 1. The Labute approximate surface area is 103 Å². The van der Waals surface area contributed by atoms with Gasteiger partial charge in [0, 0.05) is 17.1 Å². The smallest absolute Gasteiger partial charge is 0.152 e. The number of aryl methyl sites for hydroxylation is 1. The molecule has 0 fully saturated rings. The highest BCUT2D eigenvalue weighted by molar-refractivity contribution is 5.96. The van der Waals surface area contributed by atoms with Crippen LogP contribution in [0.25, 0.3) is 10.9 Å². The molecule has 2 heterocycles. The van der Waals surface area contributed by atoms with E-state index in [-0.39, 0.29) is 0 Å². The summed E-state index contributed by atoms with van der Waals surface area (Å²) in [6.45, 7) is 2.39. The fraction of sp³-hybridized carbons (Fsp3) is 0.154. The highest BCUT2D eigenvalue weighted by Gasteiger charge is 2.10. The van der Waals surface area contributed by atoms with Crippen LogP contribution in [-0.2, 0) is 6.54 Å². The van der Waals surface area contributed by atoms with Crippen molar-refractivity contribution < 1.29 is 9.42 Å². The number of hydrogen-bond acceptors (Lipinski definition) is 4. The van der Waals surface area contributed by atoms with E-state index in [1.54, 1.807) is 6.07 Å². The maximum absolute atomic E-state index is 11.1. The number of carbonyl (C=O) groups is 1. The van der Waals surface area contributed by atoms with E-state index in [1.807, 2.05) is 35.9 Å². The molecule has 0 saturated carbocycles. The molecule has 0 aliphatic carbocycles. The van der Waals surface area contributed by atoms with Gasteiger partial charge in [-0.2, -0.15) is 0 Å². The van der Waals surface area contributed by atoms with Crippen LogP contribution in [0.15, 0.2) is 35.1 Å². The predicted octanol–water partition coefficient (Wildman–Crippen LogP) is 2.19. The van der Waals surface area contributed by atoms with E-state index >= 15 is 0 Å². The Hall–Kier alpha value is -2.43. The van der Waals surface area contributed by atoms with Crippen LogP contribution in [-0.4, -0.2) is 21.2 Å². The minimum atomic E-state index is 0.545. The summed E-state index contributed by atoms with van der Waals surface area (Å²) in [4.78, 5) is 11.1. The highest BCUT2D eigenvalue weighted by atomic mass is 16.6. The summed E-state index contributed by atoms with van der Waals surface area (Å²) in [5.74, 6) is 0. The first kappa shape index (κ1) is 10.7. The predicted molar refractivity (Wildman–Crippen MR) is 65.5 cm³/mol. The van der Waals surface area contributed by atoms with Crippen molar-refractivity contribution in [2.24, 2.45) is 0 Å². The number of nitrogens with zero attached hydrogens (tertiary/aromatic N) is 3. The van der Waals surface area contributed by atoms with Crippen molar-refractivity contribution in [3.8, 4) is 0 Å². The molecule has 0 unspecified atom stereocenters. The van der Waals surface area contributed by atoms with Gasteiger partial charge in [0.15, 0.2) is 6.29 Å². The van der Waals surface area contributed by atoms with E-state index in [2.05, 4.69) is 14.9 Å². The number of benzene rings is 1. The van der Waals surface area contributed by atoms with Gasteiger partial charge in [0.05, 0.1) is 12.1 Å². The Morgan fingerprint density at radius 2 is 2.22 bits per heavy atom. The second kappa shape index (κ2) is 4.10. The highest BCUT2D eigenvalue weighted by Crippen LogP contribution is 2.20. The number of carbonyl (C=O) groups excluding carboxylic acids is 1. The molecule has 0 atom stereocenters. The van der Waals surface area contributed by atoms with E-state index in [9.17, 15) is 4.79 Å². The molecule has 0 spiro atoms. The van der Waals surface area contributed by atoms with Crippen molar-refractivity contribution in [2.45, 2.75) is 13.5 Å². The summed E-state index contributed by atoms with van der Waals surface area (Å²) >= 11 is 0. The van der Waals surface area contributed by atoms with Crippen LogP contribution >= 0.6 is 0 Å². The maximum Gasteiger partial charge on any atom is 0.152 e. The van der Waals surface area contributed by atoms with Crippen molar-refractivity contribution in [1.29, 1.82) is 0 Å². The first-order chi connectivity index (χ1) is 8.79. The molecule has 2 aromatic heterocycles. The van der Waals surface area contributed by atoms with Gasteiger partial charge >= 0.3 is 0 Å². The molecule has 5 heteroatoms. The molecular formula is C13H11N3O2. The van der Waals surface area contributed by atoms with Crippen LogP contribution in [0, 0.1) is 6.92 Å². The third-order valence-corrected chi connectivity index (χ3v) is 3.01. The summed E-state index contributed by atoms with van der Waals surface area (Å²) in [6, 6.07) is 7.64. The number of aromatic nitrogens is 3.